The first kappa shape index (κ1) is 25.3. The van der Waals surface area contributed by atoms with E-state index in [2.05, 4.69) is 0 Å². The lowest BCUT2D eigenvalue weighted by atomic mass is 9.72. The maximum absolute atomic E-state index is 13.5. The van der Waals surface area contributed by atoms with Gasteiger partial charge in [-0.25, -0.2) is 0 Å². The van der Waals surface area contributed by atoms with Crippen LogP contribution in [0.5, 0.6) is 11.5 Å². The van der Waals surface area contributed by atoms with Crippen LogP contribution >= 0.6 is 0 Å². The maximum Gasteiger partial charge on any atom is 0.200 e. The standard InChI is InChI=1S/C26H28N2O9/c1-9-21(30)14(28)6-16(36-9)37-15-8-26(35,10(2)29)7-12-18(15)25(34)20-19(23(12)32)22(31)11-4-3-5-13(27)17(11)24(20)33/h3-5,9,14-16,21,30,32,34-35H,6-8,27-28H2,1-2H3/t9-,14-,15-,16-,21+,26-/m0/s1. The molecule has 0 radical (unpaired) electrons. The molecule has 0 saturated carbocycles. The zero-order chi connectivity index (χ0) is 27.0. The molecule has 0 spiro atoms. The number of Topliss-reactive ketones (excluding diaryl/α,β-unsaturated/α-hetero) is 1. The van der Waals surface area contributed by atoms with Crippen molar-refractivity contribution in [3.63, 3.8) is 0 Å². The predicted octanol–water partition coefficient (Wildman–Crippen LogP) is 0.602. The van der Waals surface area contributed by atoms with Gasteiger partial charge in [-0.15, -0.1) is 0 Å². The number of rotatable bonds is 3. The Morgan fingerprint density at radius 2 is 1.81 bits per heavy atom. The summed E-state index contributed by atoms with van der Waals surface area (Å²) in [6.07, 6.45) is -4.53. The average molecular weight is 513 g/mol. The number of ketones is 3. The van der Waals surface area contributed by atoms with Crippen LogP contribution in [0.1, 0.15) is 75.8 Å². The number of carbonyl (C=O) groups excluding carboxylic acids is 3. The first-order valence-electron chi connectivity index (χ1n) is 11.9. The summed E-state index contributed by atoms with van der Waals surface area (Å²) < 4.78 is 11.8. The minimum absolute atomic E-state index is 0.0327. The summed E-state index contributed by atoms with van der Waals surface area (Å²) in [7, 11) is 0. The van der Waals surface area contributed by atoms with E-state index < -0.39 is 82.6 Å². The molecule has 2 aliphatic carbocycles. The van der Waals surface area contributed by atoms with Crippen molar-refractivity contribution in [2.24, 2.45) is 5.73 Å². The van der Waals surface area contributed by atoms with E-state index in [-0.39, 0.29) is 40.8 Å². The number of hydrogen-bond acceptors (Lipinski definition) is 11. The average Bonchev–Trinajstić information content (AvgIpc) is 2.82. The summed E-state index contributed by atoms with van der Waals surface area (Å²) in [5.74, 6) is -3.34. The molecular weight excluding hydrogens is 484 g/mol. The fourth-order valence-electron chi connectivity index (χ4n) is 5.55. The van der Waals surface area contributed by atoms with Crippen molar-refractivity contribution in [2.45, 2.75) is 69.4 Å². The molecule has 11 nitrogen and oxygen atoms in total. The number of phenolic OH excluding ortho intramolecular Hbond substituents is 2. The molecule has 1 heterocycles. The van der Waals surface area contributed by atoms with Crippen molar-refractivity contribution < 1.29 is 44.3 Å². The molecule has 8 N–H and O–H groups in total. The molecular formula is C26H28N2O9. The van der Waals surface area contributed by atoms with Crippen molar-refractivity contribution in [2.75, 3.05) is 5.73 Å². The molecule has 6 atom stereocenters. The molecule has 37 heavy (non-hydrogen) atoms. The molecule has 0 aromatic heterocycles. The summed E-state index contributed by atoms with van der Waals surface area (Å²) in [4.78, 5) is 39.3. The summed E-state index contributed by atoms with van der Waals surface area (Å²) in [5, 5.41) is 43.9. The summed E-state index contributed by atoms with van der Waals surface area (Å²) in [6, 6.07) is 3.64. The molecule has 5 rings (SSSR count). The van der Waals surface area contributed by atoms with Gasteiger partial charge in [-0.2, -0.15) is 0 Å². The SMILES string of the molecule is CC(=O)[C@]1(O)Cc2c(O)c3c(c(O)c2[C@@H](O[C@H]2C[C@H](N)[C@H](O)[C@H](C)O2)C1)C(=O)c1c(N)cccc1C3=O. The van der Waals surface area contributed by atoms with Crippen LogP contribution in [-0.2, 0) is 20.7 Å². The fourth-order valence-corrected chi connectivity index (χ4v) is 5.55. The summed E-state index contributed by atoms with van der Waals surface area (Å²) in [5.41, 5.74) is 8.89. The van der Waals surface area contributed by atoms with Gasteiger partial charge < -0.3 is 41.4 Å². The van der Waals surface area contributed by atoms with E-state index in [1.807, 2.05) is 0 Å². The highest BCUT2D eigenvalue weighted by Crippen LogP contribution is 2.52. The Labute approximate surface area is 211 Å². The lowest BCUT2D eigenvalue weighted by Crippen LogP contribution is -2.52. The first-order chi connectivity index (χ1) is 17.4. The second-order valence-electron chi connectivity index (χ2n) is 10.0. The highest BCUT2D eigenvalue weighted by molar-refractivity contribution is 6.32. The topological polar surface area (TPSA) is 203 Å². The van der Waals surface area contributed by atoms with Gasteiger partial charge in [-0.1, -0.05) is 12.1 Å². The Balaban J connectivity index is 1.68. The Hall–Kier alpha value is -3.35. The second kappa shape index (κ2) is 8.61. The quantitative estimate of drug-likeness (QED) is 0.212. The fraction of sp³-hybridized carbons (Fsp3) is 0.423. The molecule has 1 aliphatic heterocycles. The Morgan fingerprint density at radius 3 is 2.46 bits per heavy atom. The van der Waals surface area contributed by atoms with Crippen molar-refractivity contribution in [3.05, 3.63) is 51.6 Å². The number of nitrogens with two attached hydrogens (primary N) is 2. The van der Waals surface area contributed by atoms with E-state index in [0.29, 0.717) is 0 Å². The number of benzene rings is 2. The number of aliphatic hydroxyl groups excluding tert-OH is 1. The van der Waals surface area contributed by atoms with Gasteiger partial charge in [-0.3, -0.25) is 14.4 Å². The molecule has 0 unspecified atom stereocenters. The zero-order valence-electron chi connectivity index (χ0n) is 20.2. The number of hydrogen-bond donors (Lipinski definition) is 6. The number of nitrogen functional groups attached to an aromatic ring is 1. The second-order valence-corrected chi connectivity index (χ2v) is 10.0. The van der Waals surface area contributed by atoms with Crippen LogP contribution in [0.2, 0.25) is 0 Å². The van der Waals surface area contributed by atoms with Crippen LogP contribution in [0.3, 0.4) is 0 Å². The number of aromatic hydroxyl groups is 2. The number of carbonyl (C=O) groups is 3. The molecule has 0 bridgehead atoms. The highest BCUT2D eigenvalue weighted by atomic mass is 16.7. The zero-order valence-corrected chi connectivity index (χ0v) is 20.2. The third-order valence-electron chi connectivity index (χ3n) is 7.65. The largest absolute Gasteiger partial charge is 0.507 e. The highest BCUT2D eigenvalue weighted by Gasteiger charge is 2.49. The Morgan fingerprint density at radius 1 is 1.14 bits per heavy atom. The molecule has 1 saturated heterocycles. The molecule has 1 fully saturated rings. The molecule has 196 valence electrons. The lowest BCUT2D eigenvalue weighted by Gasteiger charge is -2.42. The number of ether oxygens (including phenoxy) is 2. The van der Waals surface area contributed by atoms with Crippen molar-refractivity contribution >= 4 is 23.0 Å². The van der Waals surface area contributed by atoms with Gasteiger partial charge in [0, 0.05) is 47.7 Å². The van der Waals surface area contributed by atoms with Gasteiger partial charge in [0.1, 0.15) is 17.1 Å². The van der Waals surface area contributed by atoms with E-state index in [0.717, 1.165) is 0 Å². The van der Waals surface area contributed by atoms with Gasteiger partial charge in [0.15, 0.2) is 23.6 Å². The number of aliphatic hydroxyl groups is 2. The number of fused-ring (bicyclic) bond motifs is 3. The molecule has 2 aromatic rings. The van der Waals surface area contributed by atoms with Gasteiger partial charge in [-0.05, 0) is 19.9 Å². The van der Waals surface area contributed by atoms with Crippen LogP contribution in [0.25, 0.3) is 0 Å². The smallest absolute Gasteiger partial charge is 0.200 e. The van der Waals surface area contributed by atoms with Gasteiger partial charge in [0.25, 0.3) is 0 Å². The van der Waals surface area contributed by atoms with Crippen molar-refractivity contribution in [1.82, 2.24) is 0 Å². The maximum atomic E-state index is 13.5. The summed E-state index contributed by atoms with van der Waals surface area (Å²) >= 11 is 0. The molecule has 3 aliphatic rings. The van der Waals surface area contributed by atoms with E-state index in [1.165, 1.54) is 25.1 Å². The van der Waals surface area contributed by atoms with Crippen LogP contribution < -0.4 is 11.5 Å². The van der Waals surface area contributed by atoms with Crippen LogP contribution in [-0.4, -0.2) is 67.9 Å². The normalized spacial score (nSPS) is 30.9. The van der Waals surface area contributed by atoms with E-state index in [4.69, 9.17) is 20.9 Å². The van der Waals surface area contributed by atoms with Crippen molar-refractivity contribution in [3.8, 4) is 11.5 Å². The Kier molecular flexibility index (Phi) is 5.89. The van der Waals surface area contributed by atoms with Gasteiger partial charge in [0.05, 0.1) is 35.0 Å². The predicted molar refractivity (Wildman–Crippen MR) is 128 cm³/mol. The van der Waals surface area contributed by atoms with Crippen LogP contribution in [0, 0.1) is 0 Å². The Bertz CT molecular complexity index is 1340. The third-order valence-corrected chi connectivity index (χ3v) is 7.65. The lowest BCUT2D eigenvalue weighted by molar-refractivity contribution is -0.247. The number of anilines is 1. The minimum Gasteiger partial charge on any atom is -0.507 e. The third kappa shape index (κ3) is 3.73. The van der Waals surface area contributed by atoms with Crippen LogP contribution in [0.4, 0.5) is 5.69 Å². The van der Waals surface area contributed by atoms with E-state index in [1.54, 1.807) is 6.92 Å². The van der Waals surface area contributed by atoms with Gasteiger partial charge in [0.2, 0.25) is 0 Å². The minimum atomic E-state index is -2.00. The first-order valence-corrected chi connectivity index (χ1v) is 11.9. The van der Waals surface area contributed by atoms with E-state index >= 15 is 0 Å². The molecule has 0 amide bonds. The monoisotopic (exact) mass is 512 g/mol. The van der Waals surface area contributed by atoms with Gasteiger partial charge >= 0.3 is 0 Å². The number of phenols is 2. The van der Waals surface area contributed by atoms with E-state index in [9.17, 15) is 34.8 Å². The summed E-state index contributed by atoms with van der Waals surface area (Å²) in [6.45, 7) is 2.78. The van der Waals surface area contributed by atoms with Crippen molar-refractivity contribution in [1.29, 1.82) is 0 Å². The van der Waals surface area contributed by atoms with Crippen LogP contribution in [0.15, 0.2) is 18.2 Å². The molecule has 11 heteroatoms. The molecule has 2 aromatic carbocycles.